The molecule has 0 spiro atoms. The number of methoxy groups -OCH3 is 2. The van der Waals surface area contributed by atoms with E-state index in [4.69, 9.17) is 9.47 Å². The molecule has 5 heteroatoms. The first-order chi connectivity index (χ1) is 9.60. The van der Waals surface area contributed by atoms with Crippen molar-refractivity contribution in [1.82, 2.24) is 10.3 Å². The zero-order chi connectivity index (χ0) is 14.7. The van der Waals surface area contributed by atoms with Crippen molar-refractivity contribution in [3.8, 4) is 11.5 Å². The molecule has 5 nitrogen and oxygen atoms in total. The quantitative estimate of drug-likeness (QED) is 0.905. The van der Waals surface area contributed by atoms with E-state index in [1.807, 2.05) is 33.3 Å². The van der Waals surface area contributed by atoms with Crippen LogP contribution < -0.4 is 19.7 Å². The summed E-state index contributed by atoms with van der Waals surface area (Å²) in [7, 11) is 9.23. The molecule has 1 heterocycles. The molecule has 0 aliphatic carbocycles. The highest BCUT2D eigenvalue weighted by atomic mass is 16.5. The maximum atomic E-state index is 5.37. The van der Waals surface area contributed by atoms with E-state index >= 15 is 0 Å². The highest BCUT2D eigenvalue weighted by molar-refractivity contribution is 5.94. The van der Waals surface area contributed by atoms with E-state index in [0.717, 1.165) is 28.8 Å². The molecule has 2 rings (SSSR count). The number of ether oxygens (including phenoxy) is 2. The maximum absolute atomic E-state index is 5.37. The van der Waals surface area contributed by atoms with Gasteiger partial charge in [0.25, 0.3) is 0 Å². The lowest BCUT2D eigenvalue weighted by atomic mass is 10.1. The van der Waals surface area contributed by atoms with Gasteiger partial charge < -0.3 is 19.7 Å². The molecule has 20 heavy (non-hydrogen) atoms. The average molecular weight is 275 g/mol. The standard InChI is InChI=1S/C15H21N3O2/c1-16-9-10-6-13(18(2)3)11-7-14(19-4)15(20-5)8-12(11)17-10/h6-8,16H,9H2,1-5H3. The molecule has 2 aromatic rings. The van der Waals surface area contributed by atoms with Crippen LogP contribution in [0.2, 0.25) is 0 Å². The van der Waals surface area contributed by atoms with E-state index in [1.54, 1.807) is 14.2 Å². The summed E-state index contributed by atoms with van der Waals surface area (Å²) in [4.78, 5) is 6.75. The second-order valence-corrected chi connectivity index (χ2v) is 4.78. The van der Waals surface area contributed by atoms with Gasteiger partial charge in [-0.15, -0.1) is 0 Å². The van der Waals surface area contributed by atoms with E-state index in [0.29, 0.717) is 11.5 Å². The van der Waals surface area contributed by atoms with Gasteiger partial charge in [-0.05, 0) is 19.2 Å². The van der Waals surface area contributed by atoms with Crippen LogP contribution in [-0.2, 0) is 6.54 Å². The Kier molecular flexibility index (Phi) is 4.29. The summed E-state index contributed by atoms with van der Waals surface area (Å²) >= 11 is 0. The summed E-state index contributed by atoms with van der Waals surface area (Å²) in [5.74, 6) is 1.41. The van der Waals surface area contributed by atoms with E-state index in [2.05, 4.69) is 21.3 Å². The Morgan fingerprint density at radius 2 is 1.75 bits per heavy atom. The van der Waals surface area contributed by atoms with E-state index in [9.17, 15) is 0 Å². The van der Waals surface area contributed by atoms with Gasteiger partial charge in [-0.3, -0.25) is 4.98 Å². The van der Waals surface area contributed by atoms with Crippen LogP contribution in [0.5, 0.6) is 11.5 Å². The predicted molar refractivity (Wildman–Crippen MR) is 81.9 cm³/mol. The molecular weight excluding hydrogens is 254 g/mol. The summed E-state index contributed by atoms with van der Waals surface area (Å²) in [5.41, 5.74) is 3.01. The highest BCUT2D eigenvalue weighted by Crippen LogP contribution is 2.35. The minimum Gasteiger partial charge on any atom is -0.493 e. The van der Waals surface area contributed by atoms with Gasteiger partial charge >= 0.3 is 0 Å². The van der Waals surface area contributed by atoms with Crippen molar-refractivity contribution in [3.05, 3.63) is 23.9 Å². The van der Waals surface area contributed by atoms with Crippen molar-refractivity contribution in [1.29, 1.82) is 0 Å². The van der Waals surface area contributed by atoms with Gasteiger partial charge in [-0.2, -0.15) is 0 Å². The first-order valence-corrected chi connectivity index (χ1v) is 6.48. The maximum Gasteiger partial charge on any atom is 0.162 e. The van der Waals surface area contributed by atoms with Gasteiger partial charge in [-0.1, -0.05) is 0 Å². The Morgan fingerprint density at radius 3 is 2.30 bits per heavy atom. The number of fused-ring (bicyclic) bond motifs is 1. The van der Waals surface area contributed by atoms with Crippen LogP contribution in [0.3, 0.4) is 0 Å². The zero-order valence-electron chi connectivity index (χ0n) is 12.7. The first kappa shape index (κ1) is 14.4. The van der Waals surface area contributed by atoms with Gasteiger partial charge in [0, 0.05) is 37.8 Å². The van der Waals surface area contributed by atoms with Crippen molar-refractivity contribution in [2.75, 3.05) is 40.3 Å². The van der Waals surface area contributed by atoms with Crippen LogP contribution in [0.15, 0.2) is 18.2 Å². The Balaban J connectivity index is 2.72. The van der Waals surface area contributed by atoms with Crippen LogP contribution in [0, 0.1) is 0 Å². The van der Waals surface area contributed by atoms with Gasteiger partial charge in [0.05, 0.1) is 25.4 Å². The Hall–Kier alpha value is -2.01. The fourth-order valence-corrected chi connectivity index (χ4v) is 2.23. The third kappa shape index (κ3) is 2.63. The van der Waals surface area contributed by atoms with Crippen molar-refractivity contribution in [3.63, 3.8) is 0 Å². The number of nitrogens with one attached hydrogen (secondary N) is 1. The summed E-state index contributed by atoms with van der Waals surface area (Å²) in [6, 6.07) is 5.98. The van der Waals surface area contributed by atoms with Crippen molar-refractivity contribution >= 4 is 16.6 Å². The number of hydrogen-bond donors (Lipinski definition) is 1. The monoisotopic (exact) mass is 275 g/mol. The Morgan fingerprint density at radius 1 is 1.10 bits per heavy atom. The Labute approximate surface area is 119 Å². The summed E-state index contributed by atoms with van der Waals surface area (Å²) in [6.07, 6.45) is 0. The molecule has 0 unspecified atom stereocenters. The smallest absolute Gasteiger partial charge is 0.162 e. The number of aromatic nitrogens is 1. The van der Waals surface area contributed by atoms with Crippen LogP contribution in [0.25, 0.3) is 10.9 Å². The molecule has 1 N–H and O–H groups in total. The molecule has 0 fully saturated rings. The average Bonchev–Trinajstić information content (AvgIpc) is 2.45. The normalized spacial score (nSPS) is 10.7. The van der Waals surface area contributed by atoms with Gasteiger partial charge in [0.2, 0.25) is 0 Å². The summed E-state index contributed by atoms with van der Waals surface area (Å²) < 4.78 is 10.7. The van der Waals surface area contributed by atoms with Crippen LogP contribution in [0.4, 0.5) is 5.69 Å². The molecule has 0 aliphatic rings. The third-order valence-electron chi connectivity index (χ3n) is 3.18. The largest absolute Gasteiger partial charge is 0.493 e. The molecule has 0 saturated carbocycles. The number of benzene rings is 1. The van der Waals surface area contributed by atoms with E-state index in [1.165, 1.54) is 0 Å². The van der Waals surface area contributed by atoms with E-state index in [-0.39, 0.29) is 0 Å². The summed E-state index contributed by atoms with van der Waals surface area (Å²) in [5, 5.41) is 4.18. The highest BCUT2D eigenvalue weighted by Gasteiger charge is 2.12. The minimum absolute atomic E-state index is 0.693. The first-order valence-electron chi connectivity index (χ1n) is 6.48. The number of anilines is 1. The number of pyridine rings is 1. The van der Waals surface area contributed by atoms with Gasteiger partial charge in [0.1, 0.15) is 0 Å². The predicted octanol–water partition coefficient (Wildman–Crippen LogP) is 2.04. The molecule has 0 aliphatic heterocycles. The lowest BCUT2D eigenvalue weighted by Gasteiger charge is -2.18. The minimum atomic E-state index is 0.693. The third-order valence-corrected chi connectivity index (χ3v) is 3.18. The Bertz CT molecular complexity index is 612. The fourth-order valence-electron chi connectivity index (χ4n) is 2.23. The molecule has 1 aromatic carbocycles. The van der Waals surface area contributed by atoms with Gasteiger partial charge in [0.15, 0.2) is 11.5 Å². The molecule has 0 saturated heterocycles. The lowest BCUT2D eigenvalue weighted by Crippen LogP contribution is -2.13. The van der Waals surface area contributed by atoms with Crippen molar-refractivity contribution in [2.24, 2.45) is 0 Å². The molecular formula is C15H21N3O2. The van der Waals surface area contributed by atoms with Crippen LogP contribution in [-0.4, -0.2) is 40.3 Å². The molecule has 1 aromatic heterocycles. The molecule has 0 atom stereocenters. The molecule has 0 bridgehead atoms. The number of hydrogen-bond acceptors (Lipinski definition) is 5. The van der Waals surface area contributed by atoms with Crippen molar-refractivity contribution < 1.29 is 9.47 Å². The number of nitrogens with zero attached hydrogens (tertiary/aromatic N) is 2. The molecule has 108 valence electrons. The molecule has 0 radical (unpaired) electrons. The second-order valence-electron chi connectivity index (χ2n) is 4.78. The fraction of sp³-hybridized carbons (Fsp3) is 0.400. The lowest BCUT2D eigenvalue weighted by molar-refractivity contribution is 0.356. The van der Waals surface area contributed by atoms with E-state index < -0.39 is 0 Å². The van der Waals surface area contributed by atoms with Crippen molar-refractivity contribution in [2.45, 2.75) is 6.54 Å². The SMILES string of the molecule is CNCc1cc(N(C)C)c2cc(OC)c(OC)cc2n1. The summed E-state index contributed by atoms with van der Waals surface area (Å²) in [6.45, 7) is 0.727. The van der Waals surface area contributed by atoms with Crippen LogP contribution >= 0.6 is 0 Å². The zero-order valence-corrected chi connectivity index (χ0v) is 12.7. The van der Waals surface area contributed by atoms with Gasteiger partial charge in [-0.25, -0.2) is 0 Å². The molecule has 0 amide bonds. The van der Waals surface area contributed by atoms with Crippen LogP contribution in [0.1, 0.15) is 5.69 Å². The second kappa shape index (κ2) is 5.96. The topological polar surface area (TPSA) is 46.6 Å². The number of rotatable bonds is 5.